The highest BCUT2D eigenvalue weighted by Gasteiger charge is 2.27. The Labute approximate surface area is 137 Å². The van der Waals surface area contributed by atoms with E-state index in [2.05, 4.69) is 15.4 Å². The average molecular weight is 340 g/mol. The maximum Gasteiger partial charge on any atom is 0.319 e. The molecule has 2 rings (SSSR count). The first-order valence-corrected chi connectivity index (χ1v) is 7.10. The molecule has 0 aliphatic heterocycles. The van der Waals surface area contributed by atoms with Crippen LogP contribution in [0, 0.1) is 18.6 Å². The molecule has 1 heterocycles. The summed E-state index contributed by atoms with van der Waals surface area (Å²) in [6, 6.07) is 4.41. The molecule has 3 N–H and O–H groups in total. The quantitative estimate of drug-likeness (QED) is 0.781. The van der Waals surface area contributed by atoms with Crippen LogP contribution >= 0.6 is 0 Å². The molecular formula is C16H18F2N2O4. The van der Waals surface area contributed by atoms with Crippen LogP contribution in [0.3, 0.4) is 0 Å². The molecule has 1 aromatic heterocycles. The predicted octanol–water partition coefficient (Wildman–Crippen LogP) is 2.90. The third-order valence-electron chi connectivity index (χ3n) is 3.32. The lowest BCUT2D eigenvalue weighted by atomic mass is 10.0. The molecule has 0 bridgehead atoms. The maximum absolute atomic E-state index is 13.6. The minimum Gasteiger partial charge on any atom is -0.491 e. The molecule has 2 amide bonds. The second-order valence-corrected chi connectivity index (χ2v) is 5.46. The highest BCUT2D eigenvalue weighted by molar-refractivity contribution is 5.89. The second kappa shape index (κ2) is 6.88. The van der Waals surface area contributed by atoms with E-state index in [9.17, 15) is 18.7 Å². The molecule has 2 aromatic rings. The van der Waals surface area contributed by atoms with Gasteiger partial charge in [-0.15, -0.1) is 0 Å². The van der Waals surface area contributed by atoms with E-state index in [0.29, 0.717) is 11.5 Å². The summed E-state index contributed by atoms with van der Waals surface area (Å²) in [5.41, 5.74) is -1.51. The third-order valence-corrected chi connectivity index (χ3v) is 3.32. The van der Waals surface area contributed by atoms with Crippen LogP contribution in [0.1, 0.15) is 18.4 Å². The SMILES string of the molecule is COc1c(F)cc(NC(=O)NC[C@@](C)(O)c2ccc(C)o2)cc1F. The van der Waals surface area contributed by atoms with Crippen molar-refractivity contribution in [2.75, 3.05) is 19.0 Å². The van der Waals surface area contributed by atoms with Gasteiger partial charge in [-0.2, -0.15) is 0 Å². The zero-order chi connectivity index (χ0) is 17.9. The van der Waals surface area contributed by atoms with Gasteiger partial charge in [0, 0.05) is 17.8 Å². The van der Waals surface area contributed by atoms with Crippen molar-refractivity contribution < 1.29 is 27.8 Å². The summed E-state index contributed by atoms with van der Waals surface area (Å²) in [4.78, 5) is 11.8. The number of nitrogens with one attached hydrogen (secondary N) is 2. The van der Waals surface area contributed by atoms with E-state index in [-0.39, 0.29) is 12.2 Å². The maximum atomic E-state index is 13.6. The van der Waals surface area contributed by atoms with Crippen molar-refractivity contribution in [3.05, 3.63) is 47.4 Å². The van der Waals surface area contributed by atoms with Crippen LogP contribution in [-0.4, -0.2) is 24.8 Å². The van der Waals surface area contributed by atoms with Crippen LogP contribution in [0.5, 0.6) is 5.75 Å². The number of hydrogen-bond donors (Lipinski definition) is 3. The van der Waals surface area contributed by atoms with Crippen molar-refractivity contribution in [3.63, 3.8) is 0 Å². The van der Waals surface area contributed by atoms with Gasteiger partial charge in [0.25, 0.3) is 0 Å². The molecule has 0 saturated heterocycles. The number of carbonyl (C=O) groups is 1. The van der Waals surface area contributed by atoms with Crippen LogP contribution in [-0.2, 0) is 5.60 Å². The van der Waals surface area contributed by atoms with E-state index >= 15 is 0 Å². The number of methoxy groups -OCH3 is 1. The smallest absolute Gasteiger partial charge is 0.319 e. The number of carbonyl (C=O) groups excluding carboxylic acids is 1. The molecule has 1 atom stereocenters. The number of rotatable bonds is 5. The van der Waals surface area contributed by atoms with Crippen LogP contribution < -0.4 is 15.4 Å². The Bertz CT molecular complexity index is 720. The molecule has 24 heavy (non-hydrogen) atoms. The number of benzene rings is 1. The van der Waals surface area contributed by atoms with Crippen LogP contribution in [0.2, 0.25) is 0 Å². The van der Waals surface area contributed by atoms with E-state index in [1.807, 2.05) is 0 Å². The van der Waals surface area contributed by atoms with Gasteiger partial charge in [0.2, 0.25) is 0 Å². The topological polar surface area (TPSA) is 83.7 Å². The molecule has 0 unspecified atom stereocenters. The Morgan fingerprint density at radius 3 is 2.46 bits per heavy atom. The molecule has 0 aliphatic carbocycles. The van der Waals surface area contributed by atoms with Gasteiger partial charge in [-0.05, 0) is 26.0 Å². The average Bonchev–Trinajstić information content (AvgIpc) is 2.92. The summed E-state index contributed by atoms with van der Waals surface area (Å²) in [6.07, 6.45) is 0. The molecule has 0 radical (unpaired) electrons. The molecule has 0 aliphatic rings. The van der Waals surface area contributed by atoms with Crippen molar-refractivity contribution in [3.8, 4) is 5.75 Å². The second-order valence-electron chi connectivity index (χ2n) is 5.46. The van der Waals surface area contributed by atoms with Crippen molar-refractivity contribution in [1.29, 1.82) is 0 Å². The Balaban J connectivity index is 1.99. The van der Waals surface area contributed by atoms with Crippen LogP contribution in [0.15, 0.2) is 28.7 Å². The van der Waals surface area contributed by atoms with E-state index < -0.39 is 29.0 Å². The third kappa shape index (κ3) is 4.02. The number of aliphatic hydroxyl groups is 1. The van der Waals surface area contributed by atoms with Gasteiger partial charge in [0.15, 0.2) is 17.4 Å². The monoisotopic (exact) mass is 340 g/mol. The fourth-order valence-corrected chi connectivity index (χ4v) is 2.07. The minimum atomic E-state index is -1.43. The summed E-state index contributed by atoms with van der Waals surface area (Å²) in [5.74, 6) is -1.49. The van der Waals surface area contributed by atoms with Crippen LogP contribution in [0.4, 0.5) is 19.3 Å². The lowest BCUT2D eigenvalue weighted by molar-refractivity contribution is 0.0364. The summed E-state index contributed by atoms with van der Waals surface area (Å²) in [7, 11) is 1.14. The lowest BCUT2D eigenvalue weighted by Gasteiger charge is -2.21. The van der Waals surface area contributed by atoms with Crippen LogP contribution in [0.25, 0.3) is 0 Å². The van der Waals surface area contributed by atoms with Crippen molar-refractivity contribution in [1.82, 2.24) is 5.32 Å². The first-order valence-electron chi connectivity index (χ1n) is 7.10. The number of amides is 2. The molecule has 6 nitrogen and oxygen atoms in total. The number of furan rings is 1. The summed E-state index contributed by atoms with van der Waals surface area (Å²) < 4.78 is 37.0. The molecule has 8 heteroatoms. The zero-order valence-electron chi connectivity index (χ0n) is 13.4. The normalized spacial score (nSPS) is 13.2. The van der Waals surface area contributed by atoms with Gasteiger partial charge in [-0.3, -0.25) is 0 Å². The standard InChI is InChI=1S/C16H18F2N2O4/c1-9-4-5-13(24-9)16(2,22)8-19-15(21)20-10-6-11(17)14(23-3)12(18)7-10/h4-7,22H,8H2,1-3H3,(H2,19,20,21)/t16-/m1/s1. The Morgan fingerprint density at radius 1 is 1.33 bits per heavy atom. The number of halogens is 2. The van der Waals surface area contributed by atoms with Crippen molar-refractivity contribution in [2.24, 2.45) is 0 Å². The van der Waals surface area contributed by atoms with Gasteiger partial charge in [-0.25, -0.2) is 13.6 Å². The summed E-state index contributed by atoms with van der Waals surface area (Å²) >= 11 is 0. The largest absolute Gasteiger partial charge is 0.491 e. The number of aryl methyl sites for hydroxylation is 1. The number of hydrogen-bond acceptors (Lipinski definition) is 4. The molecule has 1 aromatic carbocycles. The van der Waals surface area contributed by atoms with Gasteiger partial charge in [0.1, 0.15) is 17.1 Å². The van der Waals surface area contributed by atoms with E-state index in [4.69, 9.17) is 4.42 Å². The van der Waals surface area contributed by atoms with E-state index in [1.165, 1.54) is 6.92 Å². The number of urea groups is 1. The molecule has 0 saturated carbocycles. The Hall–Kier alpha value is -2.61. The van der Waals surface area contributed by atoms with Gasteiger partial charge in [0.05, 0.1) is 13.7 Å². The molecule has 0 spiro atoms. The Kier molecular flexibility index (Phi) is 5.08. The van der Waals surface area contributed by atoms with Crippen molar-refractivity contribution >= 4 is 11.7 Å². The number of ether oxygens (including phenoxy) is 1. The van der Waals surface area contributed by atoms with E-state index in [0.717, 1.165) is 19.2 Å². The number of anilines is 1. The highest BCUT2D eigenvalue weighted by atomic mass is 19.1. The zero-order valence-corrected chi connectivity index (χ0v) is 13.4. The first kappa shape index (κ1) is 17.7. The fraction of sp³-hybridized carbons (Fsp3) is 0.312. The van der Waals surface area contributed by atoms with Crippen molar-refractivity contribution in [2.45, 2.75) is 19.4 Å². The highest BCUT2D eigenvalue weighted by Crippen LogP contribution is 2.25. The first-order chi connectivity index (χ1) is 11.2. The predicted molar refractivity (Wildman–Crippen MR) is 82.9 cm³/mol. The fourth-order valence-electron chi connectivity index (χ4n) is 2.07. The van der Waals surface area contributed by atoms with Gasteiger partial charge in [-0.1, -0.05) is 0 Å². The molecular weight excluding hydrogens is 322 g/mol. The van der Waals surface area contributed by atoms with Gasteiger partial charge >= 0.3 is 6.03 Å². The lowest BCUT2D eigenvalue weighted by Crippen LogP contribution is -2.40. The Morgan fingerprint density at radius 2 is 1.96 bits per heavy atom. The minimum absolute atomic E-state index is 0.0863. The van der Waals surface area contributed by atoms with Gasteiger partial charge < -0.3 is 24.9 Å². The summed E-state index contributed by atoms with van der Waals surface area (Å²) in [6.45, 7) is 3.04. The molecule has 130 valence electrons. The molecule has 0 fully saturated rings. The van der Waals surface area contributed by atoms with E-state index in [1.54, 1.807) is 19.1 Å². The summed E-state index contributed by atoms with van der Waals surface area (Å²) in [5, 5.41) is 15.0.